The molecule has 0 aromatic heterocycles. The molecule has 0 aromatic carbocycles. The Labute approximate surface area is 131 Å². The standard InChI is InChI=1S/C18H35NO2/c1-3-5-7-8-9-10-11-12-14-17(18(19)21)16(15-20)13-6-4-2/h3,16-17,20H,1,4-15H2,2H3,(H2,19,21). The molecule has 21 heavy (non-hydrogen) atoms. The second-order valence-corrected chi connectivity index (χ2v) is 6.08. The van der Waals surface area contributed by atoms with Crippen molar-refractivity contribution in [3.05, 3.63) is 12.7 Å². The Balaban J connectivity index is 3.87. The van der Waals surface area contributed by atoms with Gasteiger partial charge in [0.15, 0.2) is 0 Å². The third kappa shape index (κ3) is 10.5. The maximum atomic E-state index is 11.6. The van der Waals surface area contributed by atoms with Crippen LogP contribution in [0.15, 0.2) is 12.7 Å². The predicted octanol–water partition coefficient (Wildman–Crippen LogP) is 4.19. The highest BCUT2D eigenvalue weighted by molar-refractivity contribution is 5.76. The summed E-state index contributed by atoms with van der Waals surface area (Å²) in [6.07, 6.45) is 14.1. The molecule has 0 bridgehead atoms. The van der Waals surface area contributed by atoms with Crippen molar-refractivity contribution in [2.75, 3.05) is 6.61 Å². The number of primary amides is 1. The third-order valence-electron chi connectivity index (χ3n) is 4.27. The normalized spacial score (nSPS) is 13.8. The van der Waals surface area contributed by atoms with Crippen molar-refractivity contribution in [1.82, 2.24) is 0 Å². The van der Waals surface area contributed by atoms with Crippen molar-refractivity contribution in [2.45, 2.75) is 77.6 Å². The Kier molecular flexibility index (Phi) is 13.6. The quantitative estimate of drug-likeness (QED) is 0.351. The first-order valence-corrected chi connectivity index (χ1v) is 8.68. The molecule has 0 heterocycles. The van der Waals surface area contributed by atoms with Gasteiger partial charge in [0, 0.05) is 12.5 Å². The number of aliphatic hydroxyl groups excluding tert-OH is 1. The van der Waals surface area contributed by atoms with Crippen LogP contribution in [0.25, 0.3) is 0 Å². The highest BCUT2D eigenvalue weighted by Crippen LogP contribution is 2.24. The first kappa shape index (κ1) is 20.2. The molecule has 0 radical (unpaired) electrons. The van der Waals surface area contributed by atoms with Crippen LogP contribution in [-0.4, -0.2) is 17.6 Å². The van der Waals surface area contributed by atoms with Gasteiger partial charge >= 0.3 is 0 Å². The van der Waals surface area contributed by atoms with E-state index in [9.17, 15) is 9.90 Å². The summed E-state index contributed by atoms with van der Waals surface area (Å²) in [6, 6.07) is 0. The van der Waals surface area contributed by atoms with E-state index in [1.165, 1.54) is 25.7 Å². The van der Waals surface area contributed by atoms with Gasteiger partial charge < -0.3 is 10.8 Å². The van der Waals surface area contributed by atoms with E-state index in [1.54, 1.807) is 0 Å². The second-order valence-electron chi connectivity index (χ2n) is 6.08. The van der Waals surface area contributed by atoms with Crippen molar-refractivity contribution < 1.29 is 9.90 Å². The van der Waals surface area contributed by atoms with Crippen molar-refractivity contribution >= 4 is 5.91 Å². The minimum Gasteiger partial charge on any atom is -0.396 e. The number of aliphatic hydroxyl groups is 1. The molecule has 0 aliphatic carbocycles. The van der Waals surface area contributed by atoms with Crippen molar-refractivity contribution in [2.24, 2.45) is 17.6 Å². The van der Waals surface area contributed by atoms with Gasteiger partial charge in [0.05, 0.1) is 0 Å². The molecule has 2 unspecified atom stereocenters. The third-order valence-corrected chi connectivity index (χ3v) is 4.27. The van der Waals surface area contributed by atoms with E-state index in [1.807, 2.05) is 6.08 Å². The molecule has 0 aliphatic heterocycles. The lowest BCUT2D eigenvalue weighted by atomic mass is 9.84. The van der Waals surface area contributed by atoms with Crippen LogP contribution in [0.2, 0.25) is 0 Å². The number of carbonyl (C=O) groups excluding carboxylic acids is 1. The zero-order valence-electron chi connectivity index (χ0n) is 13.9. The molecule has 0 spiro atoms. The molecule has 0 rings (SSSR count). The molecule has 0 saturated carbocycles. The Bertz CT molecular complexity index is 266. The lowest BCUT2D eigenvalue weighted by Crippen LogP contribution is -2.32. The number of amides is 1. The monoisotopic (exact) mass is 297 g/mol. The number of hydrogen-bond acceptors (Lipinski definition) is 2. The number of rotatable bonds is 15. The summed E-state index contributed by atoms with van der Waals surface area (Å²) < 4.78 is 0. The van der Waals surface area contributed by atoms with E-state index in [4.69, 9.17) is 5.73 Å². The molecule has 0 aliphatic rings. The maximum Gasteiger partial charge on any atom is 0.220 e. The van der Waals surface area contributed by atoms with Gasteiger partial charge in [-0.2, -0.15) is 0 Å². The van der Waals surface area contributed by atoms with Crippen LogP contribution in [0.5, 0.6) is 0 Å². The minimum atomic E-state index is -0.240. The lowest BCUT2D eigenvalue weighted by Gasteiger charge is -2.22. The van der Waals surface area contributed by atoms with Crippen LogP contribution in [0.4, 0.5) is 0 Å². The number of carbonyl (C=O) groups is 1. The van der Waals surface area contributed by atoms with Gasteiger partial charge in [-0.05, 0) is 31.6 Å². The predicted molar refractivity (Wildman–Crippen MR) is 89.9 cm³/mol. The SMILES string of the molecule is C=CCCCCCCCCC(C(N)=O)C(CO)CCCC. The summed E-state index contributed by atoms with van der Waals surface area (Å²) in [5, 5.41) is 9.48. The molecule has 1 amide bonds. The second kappa shape index (κ2) is 14.1. The topological polar surface area (TPSA) is 63.3 Å². The van der Waals surface area contributed by atoms with Gasteiger partial charge in [-0.25, -0.2) is 0 Å². The van der Waals surface area contributed by atoms with Gasteiger partial charge in [0.25, 0.3) is 0 Å². The molecule has 124 valence electrons. The van der Waals surface area contributed by atoms with E-state index in [0.29, 0.717) is 0 Å². The summed E-state index contributed by atoms with van der Waals surface area (Å²) in [6.45, 7) is 5.93. The Hall–Kier alpha value is -0.830. The van der Waals surface area contributed by atoms with Gasteiger partial charge in [-0.1, -0.05) is 57.9 Å². The molecule has 3 N–H and O–H groups in total. The number of hydrogen-bond donors (Lipinski definition) is 2. The van der Waals surface area contributed by atoms with Crippen LogP contribution >= 0.6 is 0 Å². The molecule has 0 aromatic rings. The van der Waals surface area contributed by atoms with Crippen LogP contribution < -0.4 is 5.73 Å². The molecule has 2 atom stereocenters. The zero-order chi connectivity index (χ0) is 15.9. The summed E-state index contributed by atoms with van der Waals surface area (Å²) in [7, 11) is 0. The number of allylic oxidation sites excluding steroid dienone is 1. The van der Waals surface area contributed by atoms with Gasteiger partial charge in [-0.15, -0.1) is 6.58 Å². The van der Waals surface area contributed by atoms with Crippen molar-refractivity contribution in [3.8, 4) is 0 Å². The Morgan fingerprint density at radius 1 is 1.10 bits per heavy atom. The fourth-order valence-corrected chi connectivity index (χ4v) is 2.86. The van der Waals surface area contributed by atoms with E-state index in [0.717, 1.165) is 44.9 Å². The summed E-state index contributed by atoms with van der Waals surface area (Å²) in [5.74, 6) is -0.339. The van der Waals surface area contributed by atoms with E-state index >= 15 is 0 Å². The minimum absolute atomic E-state index is 0.0510. The summed E-state index contributed by atoms with van der Waals surface area (Å²) in [4.78, 5) is 11.6. The van der Waals surface area contributed by atoms with Crippen LogP contribution in [0, 0.1) is 11.8 Å². The molecular weight excluding hydrogens is 262 g/mol. The van der Waals surface area contributed by atoms with Gasteiger partial charge in [0.1, 0.15) is 0 Å². The first-order chi connectivity index (χ1) is 10.2. The van der Waals surface area contributed by atoms with Crippen LogP contribution in [-0.2, 0) is 4.79 Å². The van der Waals surface area contributed by atoms with Gasteiger partial charge in [-0.3, -0.25) is 4.79 Å². The zero-order valence-corrected chi connectivity index (χ0v) is 13.9. The van der Waals surface area contributed by atoms with Gasteiger partial charge in [0.2, 0.25) is 5.91 Å². The average Bonchev–Trinajstić information content (AvgIpc) is 2.47. The molecule has 3 heteroatoms. The average molecular weight is 297 g/mol. The van der Waals surface area contributed by atoms with Crippen molar-refractivity contribution in [3.63, 3.8) is 0 Å². The fourth-order valence-electron chi connectivity index (χ4n) is 2.86. The van der Waals surface area contributed by atoms with E-state index < -0.39 is 0 Å². The summed E-state index contributed by atoms with van der Waals surface area (Å²) in [5.41, 5.74) is 5.52. The Morgan fingerprint density at radius 2 is 1.71 bits per heavy atom. The smallest absolute Gasteiger partial charge is 0.220 e. The number of nitrogens with two attached hydrogens (primary N) is 1. The maximum absolute atomic E-state index is 11.6. The van der Waals surface area contributed by atoms with E-state index in [2.05, 4.69) is 13.5 Å². The van der Waals surface area contributed by atoms with Crippen LogP contribution in [0.1, 0.15) is 77.6 Å². The lowest BCUT2D eigenvalue weighted by molar-refractivity contribution is -0.124. The molecule has 3 nitrogen and oxygen atoms in total. The summed E-state index contributed by atoms with van der Waals surface area (Å²) >= 11 is 0. The Morgan fingerprint density at radius 3 is 2.24 bits per heavy atom. The molecule has 0 saturated heterocycles. The molecular formula is C18H35NO2. The molecule has 0 fully saturated rings. The first-order valence-electron chi connectivity index (χ1n) is 8.68. The van der Waals surface area contributed by atoms with Crippen molar-refractivity contribution in [1.29, 1.82) is 0 Å². The largest absolute Gasteiger partial charge is 0.396 e. The van der Waals surface area contributed by atoms with Crippen LogP contribution in [0.3, 0.4) is 0 Å². The highest BCUT2D eigenvalue weighted by Gasteiger charge is 2.24. The number of unbranched alkanes of at least 4 members (excludes halogenated alkanes) is 7. The van der Waals surface area contributed by atoms with E-state index in [-0.39, 0.29) is 24.3 Å². The highest BCUT2D eigenvalue weighted by atomic mass is 16.3. The fraction of sp³-hybridized carbons (Fsp3) is 0.833.